The minimum absolute atomic E-state index is 0.125. The first kappa shape index (κ1) is 8.85. The molecule has 2 fully saturated rings. The van der Waals surface area contributed by atoms with Crippen LogP contribution in [0.2, 0.25) is 0 Å². The number of carbonyl (C=O) groups is 1. The Labute approximate surface area is 78.8 Å². The number of alkyl carbamates (subject to hydrolysis) is 1. The van der Waals surface area contributed by atoms with Gasteiger partial charge in [-0.1, -0.05) is 13.8 Å². The molecule has 0 aromatic carbocycles. The van der Waals surface area contributed by atoms with Crippen LogP contribution >= 0.6 is 0 Å². The molecule has 1 unspecified atom stereocenters. The molecule has 2 aliphatic rings. The second-order valence-corrected chi connectivity index (χ2v) is 4.58. The smallest absolute Gasteiger partial charge is 0.407 e. The maximum Gasteiger partial charge on any atom is 0.407 e. The Bertz CT molecular complexity index is 211. The van der Waals surface area contributed by atoms with Crippen LogP contribution in [0.25, 0.3) is 0 Å². The molecule has 74 valence electrons. The van der Waals surface area contributed by atoms with Crippen LogP contribution in [-0.4, -0.2) is 18.2 Å². The van der Waals surface area contributed by atoms with Gasteiger partial charge in [0.25, 0.3) is 0 Å². The van der Waals surface area contributed by atoms with E-state index in [1.165, 1.54) is 12.8 Å². The zero-order chi connectivity index (χ0) is 9.42. The van der Waals surface area contributed by atoms with Gasteiger partial charge in [-0.2, -0.15) is 0 Å². The molecule has 1 N–H and O–H groups in total. The quantitative estimate of drug-likeness (QED) is 0.726. The van der Waals surface area contributed by atoms with E-state index in [0.29, 0.717) is 17.9 Å². The zero-order valence-corrected chi connectivity index (χ0v) is 8.25. The molecule has 13 heavy (non-hydrogen) atoms. The van der Waals surface area contributed by atoms with Crippen molar-refractivity contribution in [3.63, 3.8) is 0 Å². The van der Waals surface area contributed by atoms with Crippen LogP contribution in [0.5, 0.6) is 0 Å². The highest BCUT2D eigenvalue weighted by atomic mass is 16.6. The molecule has 1 aliphatic carbocycles. The Hall–Kier alpha value is -0.730. The molecule has 1 aliphatic heterocycles. The Kier molecular flexibility index (Phi) is 2.18. The van der Waals surface area contributed by atoms with Gasteiger partial charge in [0.2, 0.25) is 0 Å². The van der Waals surface area contributed by atoms with Gasteiger partial charge in [-0.05, 0) is 31.1 Å². The standard InChI is InChI=1S/C10H17NO2/c1-6(2)5-8-9(7-3-4-7)11-10(12)13-8/h6-9H,3-5H2,1-2H3,(H,11,12)/t8?,9-/m1/s1. The summed E-state index contributed by atoms with van der Waals surface area (Å²) < 4.78 is 5.24. The number of cyclic esters (lactones) is 1. The summed E-state index contributed by atoms with van der Waals surface area (Å²) in [4.78, 5) is 11.0. The number of hydrogen-bond acceptors (Lipinski definition) is 2. The van der Waals surface area contributed by atoms with Crippen molar-refractivity contribution in [1.29, 1.82) is 0 Å². The molecule has 0 aromatic rings. The monoisotopic (exact) mass is 183 g/mol. The second-order valence-electron chi connectivity index (χ2n) is 4.58. The number of nitrogens with one attached hydrogen (secondary N) is 1. The van der Waals surface area contributed by atoms with Gasteiger partial charge in [0.15, 0.2) is 0 Å². The van der Waals surface area contributed by atoms with Crippen molar-refractivity contribution in [3.8, 4) is 0 Å². The molecule has 3 heteroatoms. The third kappa shape index (κ3) is 1.95. The van der Waals surface area contributed by atoms with Gasteiger partial charge < -0.3 is 10.1 Å². The molecule has 2 atom stereocenters. The number of rotatable bonds is 3. The summed E-state index contributed by atoms with van der Waals surface area (Å²) in [5, 5.41) is 2.91. The van der Waals surface area contributed by atoms with E-state index in [0.717, 1.165) is 6.42 Å². The molecule has 1 heterocycles. The molecule has 1 saturated heterocycles. The van der Waals surface area contributed by atoms with Gasteiger partial charge in [-0.3, -0.25) is 0 Å². The Morgan fingerprint density at radius 1 is 1.54 bits per heavy atom. The first-order chi connectivity index (χ1) is 6.16. The lowest BCUT2D eigenvalue weighted by molar-refractivity contribution is 0.114. The minimum Gasteiger partial charge on any atom is -0.444 e. The lowest BCUT2D eigenvalue weighted by Gasteiger charge is -2.17. The fraction of sp³-hybridized carbons (Fsp3) is 0.900. The number of hydrogen-bond donors (Lipinski definition) is 1. The van der Waals surface area contributed by atoms with Gasteiger partial charge in [-0.15, -0.1) is 0 Å². The summed E-state index contributed by atoms with van der Waals surface area (Å²) in [5.41, 5.74) is 0. The minimum atomic E-state index is -0.220. The molecule has 1 amide bonds. The SMILES string of the molecule is CC(C)CC1OC(=O)N[C@@H]1C1CC1. The summed E-state index contributed by atoms with van der Waals surface area (Å²) in [6.45, 7) is 4.33. The van der Waals surface area contributed by atoms with Crippen molar-refractivity contribution < 1.29 is 9.53 Å². The van der Waals surface area contributed by atoms with E-state index >= 15 is 0 Å². The highest BCUT2D eigenvalue weighted by Gasteiger charge is 2.43. The van der Waals surface area contributed by atoms with E-state index in [1.54, 1.807) is 0 Å². The molecule has 0 aromatic heterocycles. The van der Waals surface area contributed by atoms with Gasteiger partial charge in [0, 0.05) is 0 Å². The normalized spacial score (nSPS) is 33.3. The molecule has 0 radical (unpaired) electrons. The van der Waals surface area contributed by atoms with Gasteiger partial charge in [0.05, 0.1) is 6.04 Å². The number of carbonyl (C=O) groups excluding carboxylic acids is 1. The van der Waals surface area contributed by atoms with Crippen molar-refractivity contribution in [2.75, 3.05) is 0 Å². The molecular weight excluding hydrogens is 166 g/mol. The van der Waals surface area contributed by atoms with E-state index < -0.39 is 0 Å². The molecule has 0 bridgehead atoms. The van der Waals surface area contributed by atoms with E-state index in [4.69, 9.17) is 4.74 Å². The van der Waals surface area contributed by atoms with Crippen molar-refractivity contribution in [3.05, 3.63) is 0 Å². The van der Waals surface area contributed by atoms with Crippen molar-refractivity contribution in [2.45, 2.75) is 45.3 Å². The number of ether oxygens (including phenoxy) is 1. The van der Waals surface area contributed by atoms with Crippen LogP contribution in [0.15, 0.2) is 0 Å². The van der Waals surface area contributed by atoms with E-state index in [9.17, 15) is 4.79 Å². The molecule has 1 saturated carbocycles. The van der Waals surface area contributed by atoms with Crippen LogP contribution in [0.4, 0.5) is 4.79 Å². The zero-order valence-electron chi connectivity index (χ0n) is 8.25. The topological polar surface area (TPSA) is 38.3 Å². The summed E-state index contributed by atoms with van der Waals surface area (Å²) in [7, 11) is 0. The molecule has 3 nitrogen and oxygen atoms in total. The Morgan fingerprint density at radius 2 is 2.23 bits per heavy atom. The predicted molar refractivity (Wildman–Crippen MR) is 49.4 cm³/mol. The Morgan fingerprint density at radius 3 is 2.77 bits per heavy atom. The lowest BCUT2D eigenvalue weighted by atomic mass is 9.98. The van der Waals surface area contributed by atoms with Crippen LogP contribution in [0, 0.1) is 11.8 Å². The summed E-state index contributed by atoms with van der Waals surface area (Å²) in [6, 6.07) is 0.301. The fourth-order valence-corrected chi connectivity index (χ4v) is 2.01. The maximum atomic E-state index is 11.0. The Balaban J connectivity index is 1.94. The third-order valence-corrected chi connectivity index (χ3v) is 2.78. The maximum absolute atomic E-state index is 11.0. The largest absolute Gasteiger partial charge is 0.444 e. The molecule has 2 rings (SSSR count). The lowest BCUT2D eigenvalue weighted by Crippen LogP contribution is -2.34. The molecule has 0 spiro atoms. The first-order valence-electron chi connectivity index (χ1n) is 5.14. The fourth-order valence-electron chi connectivity index (χ4n) is 2.01. The van der Waals surface area contributed by atoms with Crippen LogP contribution in [0.1, 0.15) is 33.1 Å². The summed E-state index contributed by atoms with van der Waals surface area (Å²) in [5.74, 6) is 1.29. The third-order valence-electron chi connectivity index (χ3n) is 2.78. The van der Waals surface area contributed by atoms with Gasteiger partial charge in [-0.25, -0.2) is 4.79 Å². The summed E-state index contributed by atoms with van der Waals surface area (Å²) >= 11 is 0. The van der Waals surface area contributed by atoms with E-state index in [2.05, 4.69) is 19.2 Å². The van der Waals surface area contributed by atoms with Crippen LogP contribution < -0.4 is 5.32 Å². The van der Waals surface area contributed by atoms with Crippen molar-refractivity contribution >= 4 is 6.09 Å². The molecular formula is C10H17NO2. The first-order valence-corrected chi connectivity index (χ1v) is 5.14. The highest BCUT2D eigenvalue weighted by molar-refractivity contribution is 5.70. The van der Waals surface area contributed by atoms with Crippen molar-refractivity contribution in [1.82, 2.24) is 5.32 Å². The van der Waals surface area contributed by atoms with Crippen molar-refractivity contribution in [2.24, 2.45) is 11.8 Å². The van der Waals surface area contributed by atoms with E-state index in [-0.39, 0.29) is 12.2 Å². The second kappa shape index (κ2) is 3.20. The number of amides is 1. The van der Waals surface area contributed by atoms with Crippen LogP contribution in [-0.2, 0) is 4.74 Å². The van der Waals surface area contributed by atoms with Gasteiger partial charge >= 0.3 is 6.09 Å². The summed E-state index contributed by atoms with van der Waals surface area (Å²) in [6.07, 6.45) is 3.40. The van der Waals surface area contributed by atoms with Crippen LogP contribution in [0.3, 0.4) is 0 Å². The predicted octanol–water partition coefficient (Wildman–Crippen LogP) is 1.92. The highest BCUT2D eigenvalue weighted by Crippen LogP contribution is 2.37. The average Bonchev–Trinajstić information content (AvgIpc) is 2.77. The average molecular weight is 183 g/mol. The van der Waals surface area contributed by atoms with E-state index in [1.807, 2.05) is 0 Å². The van der Waals surface area contributed by atoms with Gasteiger partial charge in [0.1, 0.15) is 6.10 Å².